The first kappa shape index (κ1) is 19.4. The van der Waals surface area contributed by atoms with Gasteiger partial charge in [-0.1, -0.05) is 11.2 Å². The van der Waals surface area contributed by atoms with E-state index in [1.165, 1.54) is 43.8 Å². The van der Waals surface area contributed by atoms with Crippen LogP contribution in [0.25, 0.3) is 22.0 Å². The number of hydrogen-bond donors (Lipinski definition) is 1. The number of nitriles is 1. The Morgan fingerprint density at radius 3 is 2.73 bits per heavy atom. The molecule has 0 atom stereocenters. The molecular formula is C20H13FN4O4S. The summed E-state index contributed by atoms with van der Waals surface area (Å²) in [5.41, 5.74) is 0.687. The molecule has 0 saturated heterocycles. The number of nitrogens with one attached hydrogen (secondary N) is 1. The molecule has 4 rings (SSSR count). The zero-order valence-electron chi connectivity index (χ0n) is 15.5. The number of nitrogens with zero attached hydrogens (tertiary/aromatic N) is 3. The number of hydrogen-bond acceptors (Lipinski definition) is 7. The molecule has 0 bridgehead atoms. The van der Waals surface area contributed by atoms with Gasteiger partial charge in [-0.2, -0.15) is 5.26 Å². The molecule has 0 amide bonds. The van der Waals surface area contributed by atoms with E-state index in [2.05, 4.69) is 19.4 Å². The van der Waals surface area contributed by atoms with Gasteiger partial charge in [0.05, 0.1) is 23.3 Å². The first-order valence-corrected chi connectivity index (χ1v) is 10.0. The standard InChI is InChI=1S/C20H13FN4O4S/c1-28-18-10-17(21)13(11-22)9-16(18)20-15-3-2-14(8-12(15)4-6-23-20)30(26,27)25-19-5-7-29-24-19/h2-10H,1H3,(H,24,25). The average Bonchev–Trinajstić information content (AvgIpc) is 3.25. The number of aromatic nitrogens is 2. The van der Waals surface area contributed by atoms with E-state index in [9.17, 15) is 12.8 Å². The van der Waals surface area contributed by atoms with Gasteiger partial charge in [-0.15, -0.1) is 0 Å². The molecule has 2 aromatic carbocycles. The van der Waals surface area contributed by atoms with E-state index in [0.717, 1.165) is 6.07 Å². The number of sulfonamides is 1. The molecule has 0 fully saturated rings. The van der Waals surface area contributed by atoms with Crippen molar-refractivity contribution in [1.29, 1.82) is 5.26 Å². The van der Waals surface area contributed by atoms with Crippen LogP contribution in [0.3, 0.4) is 0 Å². The van der Waals surface area contributed by atoms with E-state index < -0.39 is 15.8 Å². The summed E-state index contributed by atoms with van der Waals surface area (Å²) >= 11 is 0. The van der Waals surface area contributed by atoms with Crippen molar-refractivity contribution in [2.24, 2.45) is 0 Å². The topological polar surface area (TPSA) is 118 Å². The number of halogens is 1. The van der Waals surface area contributed by atoms with Gasteiger partial charge >= 0.3 is 0 Å². The highest BCUT2D eigenvalue weighted by atomic mass is 32.2. The monoisotopic (exact) mass is 424 g/mol. The fraction of sp³-hybridized carbons (Fsp3) is 0.0500. The largest absolute Gasteiger partial charge is 0.496 e. The first-order valence-electron chi connectivity index (χ1n) is 8.53. The number of fused-ring (bicyclic) bond motifs is 1. The van der Waals surface area contributed by atoms with Crippen molar-refractivity contribution in [3.8, 4) is 23.1 Å². The van der Waals surface area contributed by atoms with Crippen LogP contribution < -0.4 is 9.46 Å². The minimum absolute atomic E-state index is 0.0129. The molecule has 8 nitrogen and oxygen atoms in total. The molecule has 30 heavy (non-hydrogen) atoms. The molecule has 0 saturated carbocycles. The van der Waals surface area contributed by atoms with Crippen molar-refractivity contribution in [1.82, 2.24) is 10.1 Å². The number of methoxy groups -OCH3 is 1. The smallest absolute Gasteiger partial charge is 0.263 e. The second-order valence-electron chi connectivity index (χ2n) is 6.18. The molecule has 1 N–H and O–H groups in total. The zero-order valence-corrected chi connectivity index (χ0v) is 16.3. The first-order chi connectivity index (χ1) is 14.4. The van der Waals surface area contributed by atoms with Gasteiger partial charge in [-0.3, -0.25) is 9.71 Å². The number of ether oxygens (including phenoxy) is 1. The van der Waals surface area contributed by atoms with Gasteiger partial charge < -0.3 is 9.26 Å². The van der Waals surface area contributed by atoms with Crippen LogP contribution in [0.2, 0.25) is 0 Å². The highest BCUT2D eigenvalue weighted by Gasteiger charge is 2.19. The van der Waals surface area contributed by atoms with Gasteiger partial charge in [-0.05, 0) is 29.7 Å². The van der Waals surface area contributed by atoms with Gasteiger partial charge in [0, 0.05) is 29.3 Å². The Kier molecular flexibility index (Phi) is 4.81. The van der Waals surface area contributed by atoms with Crippen molar-refractivity contribution in [3.05, 3.63) is 66.3 Å². The molecule has 0 aliphatic carbocycles. The minimum Gasteiger partial charge on any atom is -0.496 e. The van der Waals surface area contributed by atoms with Gasteiger partial charge in [0.2, 0.25) is 0 Å². The highest BCUT2D eigenvalue weighted by Crippen LogP contribution is 2.36. The minimum atomic E-state index is -3.89. The lowest BCUT2D eigenvalue weighted by Crippen LogP contribution is -2.13. The highest BCUT2D eigenvalue weighted by molar-refractivity contribution is 7.92. The molecule has 0 aliphatic heterocycles. The second-order valence-corrected chi connectivity index (χ2v) is 7.86. The van der Waals surface area contributed by atoms with Crippen LogP contribution in [0.4, 0.5) is 10.2 Å². The van der Waals surface area contributed by atoms with Gasteiger partial charge in [-0.25, -0.2) is 12.8 Å². The predicted molar refractivity (Wildman–Crippen MR) is 106 cm³/mol. The lowest BCUT2D eigenvalue weighted by atomic mass is 10.0. The molecule has 0 unspecified atom stereocenters. The van der Waals surface area contributed by atoms with Crippen LogP contribution in [0.15, 0.2) is 64.3 Å². The van der Waals surface area contributed by atoms with E-state index in [1.54, 1.807) is 18.2 Å². The number of rotatable bonds is 5. The quantitative estimate of drug-likeness (QED) is 0.519. The maximum absolute atomic E-state index is 14.0. The fourth-order valence-electron chi connectivity index (χ4n) is 2.99. The molecule has 0 spiro atoms. The second kappa shape index (κ2) is 7.46. The molecular weight excluding hydrogens is 411 g/mol. The maximum Gasteiger partial charge on any atom is 0.263 e. The summed E-state index contributed by atoms with van der Waals surface area (Å²) in [7, 11) is -2.51. The molecule has 0 aliphatic rings. The Bertz CT molecular complexity index is 1400. The SMILES string of the molecule is COc1cc(F)c(C#N)cc1-c1nccc2cc(S(=O)(=O)Nc3ccon3)ccc12. The van der Waals surface area contributed by atoms with Crippen LogP contribution in [0, 0.1) is 17.1 Å². The number of benzene rings is 2. The van der Waals surface area contributed by atoms with Crippen molar-refractivity contribution < 1.29 is 22.1 Å². The fourth-order valence-corrected chi connectivity index (χ4v) is 4.02. The summed E-state index contributed by atoms with van der Waals surface area (Å²) in [6, 6.07) is 11.8. The molecule has 2 aromatic heterocycles. The van der Waals surface area contributed by atoms with E-state index in [-0.39, 0.29) is 22.0 Å². The van der Waals surface area contributed by atoms with Crippen molar-refractivity contribution in [3.63, 3.8) is 0 Å². The summed E-state index contributed by atoms with van der Waals surface area (Å²) in [6.45, 7) is 0. The van der Waals surface area contributed by atoms with Crippen molar-refractivity contribution in [2.45, 2.75) is 4.90 Å². The van der Waals surface area contributed by atoms with Crippen LogP contribution in [-0.2, 0) is 10.0 Å². The van der Waals surface area contributed by atoms with Crippen LogP contribution in [0.5, 0.6) is 5.75 Å². The van der Waals surface area contributed by atoms with Crippen LogP contribution in [0.1, 0.15) is 5.56 Å². The Labute approximate surface area is 170 Å². The van der Waals surface area contributed by atoms with Gasteiger partial charge in [0.1, 0.15) is 23.9 Å². The normalized spacial score (nSPS) is 11.2. The Morgan fingerprint density at radius 2 is 2.03 bits per heavy atom. The average molecular weight is 424 g/mol. The molecule has 150 valence electrons. The summed E-state index contributed by atoms with van der Waals surface area (Å²) in [5.74, 6) is -0.438. The van der Waals surface area contributed by atoms with E-state index in [4.69, 9.17) is 10.00 Å². The third-order valence-corrected chi connectivity index (χ3v) is 5.74. The third-order valence-electron chi connectivity index (χ3n) is 4.39. The van der Waals surface area contributed by atoms with Crippen molar-refractivity contribution in [2.75, 3.05) is 11.8 Å². The lowest BCUT2D eigenvalue weighted by molar-refractivity contribution is 0.412. The molecule has 2 heterocycles. The zero-order chi connectivity index (χ0) is 21.3. The Hall–Kier alpha value is -3.97. The van der Waals surface area contributed by atoms with E-state index >= 15 is 0 Å². The summed E-state index contributed by atoms with van der Waals surface area (Å²) in [6.07, 6.45) is 2.75. The van der Waals surface area contributed by atoms with E-state index in [1.807, 2.05) is 0 Å². The summed E-state index contributed by atoms with van der Waals surface area (Å²) in [4.78, 5) is 4.36. The Morgan fingerprint density at radius 1 is 1.20 bits per heavy atom. The van der Waals surface area contributed by atoms with Crippen molar-refractivity contribution >= 4 is 26.6 Å². The lowest BCUT2D eigenvalue weighted by Gasteiger charge is -2.12. The van der Waals surface area contributed by atoms with Gasteiger partial charge in [0.25, 0.3) is 10.0 Å². The molecule has 4 aromatic rings. The number of anilines is 1. The number of pyridine rings is 1. The van der Waals surface area contributed by atoms with Crippen LogP contribution in [-0.4, -0.2) is 25.7 Å². The Balaban J connectivity index is 1.85. The summed E-state index contributed by atoms with van der Waals surface area (Å²) < 4.78 is 51.4. The van der Waals surface area contributed by atoms with Crippen LogP contribution >= 0.6 is 0 Å². The summed E-state index contributed by atoms with van der Waals surface area (Å²) in [5, 5.41) is 13.9. The maximum atomic E-state index is 14.0. The third kappa shape index (κ3) is 3.42. The molecule has 0 radical (unpaired) electrons. The van der Waals surface area contributed by atoms with Gasteiger partial charge in [0.15, 0.2) is 5.82 Å². The van der Waals surface area contributed by atoms with E-state index in [0.29, 0.717) is 22.0 Å². The predicted octanol–water partition coefficient (Wildman–Crippen LogP) is 3.71. The molecule has 10 heteroatoms.